The molecule has 1 aromatic rings. The topological polar surface area (TPSA) is 50.8 Å². The summed E-state index contributed by atoms with van der Waals surface area (Å²) in [6.07, 6.45) is 2.34. The zero-order valence-corrected chi connectivity index (χ0v) is 14.2. The predicted octanol–water partition coefficient (Wildman–Crippen LogP) is 2.77. The fraction of sp³-hybridized carbons (Fsp3) is 0.611. The molecule has 5 heteroatoms. The molecular weight excluding hydrogens is 292 g/mol. The van der Waals surface area contributed by atoms with E-state index in [0.29, 0.717) is 32.1 Å². The number of hydrogen-bond donors (Lipinski definition) is 1. The highest BCUT2D eigenvalue weighted by atomic mass is 16.5. The van der Waals surface area contributed by atoms with E-state index in [1.807, 2.05) is 31.2 Å². The van der Waals surface area contributed by atoms with Gasteiger partial charge in [0.2, 0.25) is 5.91 Å². The summed E-state index contributed by atoms with van der Waals surface area (Å²) in [7, 11) is 0. The van der Waals surface area contributed by atoms with Gasteiger partial charge in [0.15, 0.2) is 0 Å². The third-order valence-electron chi connectivity index (χ3n) is 4.09. The van der Waals surface area contributed by atoms with Gasteiger partial charge in [0.25, 0.3) is 0 Å². The first kappa shape index (κ1) is 17.8. The number of para-hydroxylation sites is 2. The zero-order valence-electron chi connectivity index (χ0n) is 14.2. The summed E-state index contributed by atoms with van der Waals surface area (Å²) >= 11 is 0. The minimum atomic E-state index is 0.0143. The van der Waals surface area contributed by atoms with Gasteiger partial charge in [-0.1, -0.05) is 19.1 Å². The van der Waals surface area contributed by atoms with Crippen molar-refractivity contribution in [3.05, 3.63) is 24.3 Å². The van der Waals surface area contributed by atoms with Gasteiger partial charge in [0.1, 0.15) is 12.4 Å². The normalized spacial score (nSPS) is 16.3. The van der Waals surface area contributed by atoms with Gasteiger partial charge in [0.05, 0.1) is 18.8 Å². The predicted molar refractivity (Wildman–Crippen MR) is 91.9 cm³/mol. The molecule has 23 heavy (non-hydrogen) atoms. The van der Waals surface area contributed by atoms with Crippen molar-refractivity contribution in [1.82, 2.24) is 4.90 Å². The molecular formula is C18H28N2O3. The van der Waals surface area contributed by atoms with Crippen molar-refractivity contribution < 1.29 is 14.3 Å². The number of carbonyl (C=O) groups excluding carboxylic acids is 1. The van der Waals surface area contributed by atoms with Gasteiger partial charge in [-0.05, 0) is 50.9 Å². The molecule has 0 radical (unpaired) electrons. The fourth-order valence-electron chi connectivity index (χ4n) is 2.66. The van der Waals surface area contributed by atoms with E-state index in [4.69, 9.17) is 9.47 Å². The largest absolute Gasteiger partial charge is 0.489 e. The molecule has 0 aliphatic carbocycles. The Hall–Kier alpha value is -1.59. The highest BCUT2D eigenvalue weighted by Crippen LogP contribution is 2.24. The number of hydrogen-bond acceptors (Lipinski definition) is 4. The number of likely N-dealkylation sites (tertiary alicyclic amines) is 1. The second-order valence-corrected chi connectivity index (χ2v) is 6.05. The van der Waals surface area contributed by atoms with Crippen LogP contribution >= 0.6 is 0 Å². The molecule has 0 saturated carbocycles. The van der Waals surface area contributed by atoms with Crippen LogP contribution in [0.2, 0.25) is 0 Å². The number of anilines is 1. The second kappa shape index (κ2) is 9.53. The molecule has 1 amide bonds. The lowest BCUT2D eigenvalue weighted by Crippen LogP contribution is -2.38. The Morgan fingerprint density at radius 1 is 1.26 bits per heavy atom. The Morgan fingerprint density at radius 2 is 2.00 bits per heavy atom. The van der Waals surface area contributed by atoms with E-state index < -0.39 is 0 Å². The van der Waals surface area contributed by atoms with Crippen LogP contribution in [-0.4, -0.2) is 50.3 Å². The number of amides is 1. The maximum absolute atomic E-state index is 12.3. The van der Waals surface area contributed by atoms with Crippen molar-refractivity contribution in [2.24, 2.45) is 5.92 Å². The SMILES string of the molecule is CCOCCOc1ccccc1NC(=O)CN1CCC(C)CC1. The zero-order chi connectivity index (χ0) is 16.5. The Kier molecular flexibility index (Phi) is 7.36. The number of nitrogens with zero attached hydrogens (tertiary/aromatic N) is 1. The van der Waals surface area contributed by atoms with Crippen molar-refractivity contribution in [2.45, 2.75) is 26.7 Å². The molecule has 2 rings (SSSR count). The number of carbonyl (C=O) groups is 1. The smallest absolute Gasteiger partial charge is 0.238 e. The van der Waals surface area contributed by atoms with Gasteiger partial charge in [-0.3, -0.25) is 9.69 Å². The van der Waals surface area contributed by atoms with E-state index in [-0.39, 0.29) is 5.91 Å². The molecule has 1 N–H and O–H groups in total. The highest BCUT2D eigenvalue weighted by molar-refractivity contribution is 5.93. The molecule has 0 aromatic heterocycles. The fourth-order valence-corrected chi connectivity index (χ4v) is 2.66. The van der Waals surface area contributed by atoms with Crippen LogP contribution in [0, 0.1) is 5.92 Å². The number of nitrogens with one attached hydrogen (secondary N) is 1. The van der Waals surface area contributed by atoms with Crippen LogP contribution < -0.4 is 10.1 Å². The monoisotopic (exact) mass is 320 g/mol. The molecule has 1 aliphatic heterocycles. The van der Waals surface area contributed by atoms with Gasteiger partial charge in [-0.25, -0.2) is 0 Å². The second-order valence-electron chi connectivity index (χ2n) is 6.05. The first-order valence-corrected chi connectivity index (χ1v) is 8.50. The van der Waals surface area contributed by atoms with Crippen molar-refractivity contribution in [2.75, 3.05) is 44.8 Å². The summed E-state index contributed by atoms with van der Waals surface area (Å²) in [6.45, 7) is 8.37. The summed E-state index contributed by atoms with van der Waals surface area (Å²) in [5.41, 5.74) is 0.722. The molecule has 1 aliphatic rings. The van der Waals surface area contributed by atoms with Crippen LogP contribution in [0.4, 0.5) is 5.69 Å². The van der Waals surface area contributed by atoms with Gasteiger partial charge in [-0.2, -0.15) is 0 Å². The van der Waals surface area contributed by atoms with Gasteiger partial charge in [-0.15, -0.1) is 0 Å². The molecule has 128 valence electrons. The van der Waals surface area contributed by atoms with Gasteiger partial charge < -0.3 is 14.8 Å². The first-order chi connectivity index (χ1) is 11.2. The molecule has 0 bridgehead atoms. The van der Waals surface area contributed by atoms with E-state index in [1.165, 1.54) is 12.8 Å². The van der Waals surface area contributed by atoms with Crippen molar-refractivity contribution in [1.29, 1.82) is 0 Å². The summed E-state index contributed by atoms with van der Waals surface area (Å²) in [4.78, 5) is 14.5. The van der Waals surface area contributed by atoms with Crippen LogP contribution in [0.15, 0.2) is 24.3 Å². The van der Waals surface area contributed by atoms with E-state index >= 15 is 0 Å². The molecule has 1 aromatic carbocycles. The molecule has 5 nitrogen and oxygen atoms in total. The Bertz CT molecular complexity index is 485. The summed E-state index contributed by atoms with van der Waals surface area (Å²) in [5, 5.41) is 2.96. The molecule has 1 fully saturated rings. The highest BCUT2D eigenvalue weighted by Gasteiger charge is 2.18. The number of rotatable bonds is 8. The maximum Gasteiger partial charge on any atom is 0.238 e. The third-order valence-corrected chi connectivity index (χ3v) is 4.09. The van der Waals surface area contributed by atoms with E-state index in [2.05, 4.69) is 17.1 Å². The molecule has 0 unspecified atom stereocenters. The van der Waals surface area contributed by atoms with Crippen LogP contribution in [0.5, 0.6) is 5.75 Å². The average Bonchev–Trinajstić information content (AvgIpc) is 2.55. The number of piperidine rings is 1. The van der Waals surface area contributed by atoms with Crippen LogP contribution in [-0.2, 0) is 9.53 Å². The van der Waals surface area contributed by atoms with Gasteiger partial charge in [0, 0.05) is 6.61 Å². The van der Waals surface area contributed by atoms with Gasteiger partial charge >= 0.3 is 0 Å². The van der Waals surface area contributed by atoms with Crippen molar-refractivity contribution in [3.63, 3.8) is 0 Å². The summed E-state index contributed by atoms with van der Waals surface area (Å²) < 4.78 is 11.0. The molecule has 0 spiro atoms. The lowest BCUT2D eigenvalue weighted by molar-refractivity contribution is -0.117. The Balaban J connectivity index is 1.82. The third kappa shape index (κ3) is 6.20. The molecule has 0 atom stereocenters. The minimum absolute atomic E-state index is 0.0143. The van der Waals surface area contributed by atoms with Crippen LogP contribution in [0.25, 0.3) is 0 Å². The number of benzene rings is 1. The van der Waals surface area contributed by atoms with E-state index in [1.54, 1.807) is 0 Å². The molecule has 1 heterocycles. The minimum Gasteiger partial charge on any atom is -0.489 e. The van der Waals surface area contributed by atoms with Crippen LogP contribution in [0.1, 0.15) is 26.7 Å². The maximum atomic E-state index is 12.3. The van der Waals surface area contributed by atoms with Crippen LogP contribution in [0.3, 0.4) is 0 Å². The van der Waals surface area contributed by atoms with Crippen molar-refractivity contribution >= 4 is 11.6 Å². The standard InChI is InChI=1S/C18H28N2O3/c1-3-22-12-13-23-17-7-5-4-6-16(17)19-18(21)14-20-10-8-15(2)9-11-20/h4-7,15H,3,8-14H2,1-2H3,(H,19,21). The van der Waals surface area contributed by atoms with E-state index in [0.717, 1.165) is 24.7 Å². The summed E-state index contributed by atoms with van der Waals surface area (Å²) in [6, 6.07) is 7.53. The first-order valence-electron chi connectivity index (χ1n) is 8.50. The Labute approximate surface area is 139 Å². The lowest BCUT2D eigenvalue weighted by Gasteiger charge is -2.29. The Morgan fingerprint density at radius 3 is 2.74 bits per heavy atom. The van der Waals surface area contributed by atoms with Crippen molar-refractivity contribution in [3.8, 4) is 5.75 Å². The average molecular weight is 320 g/mol. The quantitative estimate of drug-likeness (QED) is 0.748. The summed E-state index contributed by atoms with van der Waals surface area (Å²) in [5.74, 6) is 1.47. The number of ether oxygens (including phenoxy) is 2. The van der Waals surface area contributed by atoms with E-state index in [9.17, 15) is 4.79 Å². The molecule has 1 saturated heterocycles. The lowest BCUT2D eigenvalue weighted by atomic mass is 9.99.